The lowest BCUT2D eigenvalue weighted by Gasteiger charge is -2.28. The highest BCUT2D eigenvalue weighted by Crippen LogP contribution is 2.26. The van der Waals surface area contributed by atoms with Crippen LogP contribution in [0.4, 0.5) is 0 Å². The quantitative estimate of drug-likeness (QED) is 0.786. The van der Waals surface area contributed by atoms with Gasteiger partial charge in [-0.25, -0.2) is 5.06 Å². The number of hydrogen-bond donors (Lipinski definition) is 1. The monoisotopic (exact) mass is 232 g/mol. The zero-order valence-electron chi connectivity index (χ0n) is 9.69. The summed E-state index contributed by atoms with van der Waals surface area (Å²) in [5.74, 6) is -0.0137. The Morgan fingerprint density at radius 3 is 3.12 bits per heavy atom. The summed E-state index contributed by atoms with van der Waals surface area (Å²) in [4.78, 5) is 17.7. The molecule has 3 rings (SSSR count). The number of carbonyl (C=O) groups is 1. The van der Waals surface area contributed by atoms with Crippen LogP contribution in [0.25, 0.3) is 0 Å². The number of nitrogens with zero attached hydrogens (tertiary/aromatic N) is 1. The second-order valence-electron chi connectivity index (χ2n) is 4.51. The van der Waals surface area contributed by atoms with E-state index in [1.165, 1.54) is 10.6 Å². The molecular weight excluding hydrogens is 216 g/mol. The molecule has 0 radical (unpaired) electrons. The Balaban J connectivity index is 1.86. The maximum atomic E-state index is 12.3. The first-order valence-electron chi connectivity index (χ1n) is 6.09. The van der Waals surface area contributed by atoms with E-state index in [1.807, 2.05) is 12.1 Å². The van der Waals surface area contributed by atoms with Crippen LogP contribution in [-0.4, -0.2) is 30.7 Å². The van der Waals surface area contributed by atoms with E-state index in [0.717, 1.165) is 25.1 Å². The number of fused-ring (bicyclic) bond motifs is 1. The van der Waals surface area contributed by atoms with Crippen molar-refractivity contribution < 1.29 is 9.63 Å². The molecule has 1 saturated heterocycles. The van der Waals surface area contributed by atoms with Gasteiger partial charge in [0.05, 0.1) is 19.1 Å². The Bertz CT molecular complexity index is 427. The molecule has 17 heavy (non-hydrogen) atoms. The molecule has 90 valence electrons. The smallest absolute Gasteiger partial charge is 0.254 e. The van der Waals surface area contributed by atoms with Crippen molar-refractivity contribution in [1.29, 1.82) is 0 Å². The minimum Gasteiger partial charge on any atom is -0.312 e. The summed E-state index contributed by atoms with van der Waals surface area (Å²) < 4.78 is 0. The van der Waals surface area contributed by atoms with Crippen LogP contribution in [0.15, 0.2) is 24.3 Å². The molecule has 1 unspecified atom stereocenters. The van der Waals surface area contributed by atoms with Crippen LogP contribution in [0.2, 0.25) is 0 Å². The van der Waals surface area contributed by atoms with Gasteiger partial charge in [0, 0.05) is 13.1 Å². The van der Waals surface area contributed by atoms with Crippen LogP contribution < -0.4 is 5.32 Å². The summed E-state index contributed by atoms with van der Waals surface area (Å²) in [5, 5.41) is 4.81. The molecule has 0 saturated carbocycles. The van der Waals surface area contributed by atoms with Crippen LogP contribution in [0.3, 0.4) is 0 Å². The van der Waals surface area contributed by atoms with Crippen molar-refractivity contribution in [1.82, 2.24) is 10.4 Å². The average Bonchev–Trinajstić information content (AvgIpc) is 2.91. The molecule has 0 bridgehead atoms. The van der Waals surface area contributed by atoms with Gasteiger partial charge in [-0.2, -0.15) is 0 Å². The van der Waals surface area contributed by atoms with Gasteiger partial charge in [0.25, 0.3) is 5.91 Å². The number of carbonyl (C=O) groups excluding carboxylic acids is 1. The van der Waals surface area contributed by atoms with Gasteiger partial charge >= 0.3 is 0 Å². The van der Waals surface area contributed by atoms with E-state index in [4.69, 9.17) is 4.84 Å². The van der Waals surface area contributed by atoms with E-state index in [-0.39, 0.29) is 11.8 Å². The Labute approximate surface area is 101 Å². The Morgan fingerprint density at radius 1 is 1.41 bits per heavy atom. The standard InChI is InChI=1S/C13H16N2O2/c16-13(15-6-3-7-17-15)12-9-14-8-10-4-1-2-5-11(10)12/h1-2,4-5,12,14H,3,6-9H2. The summed E-state index contributed by atoms with van der Waals surface area (Å²) in [7, 11) is 0. The molecule has 0 aliphatic carbocycles. The highest BCUT2D eigenvalue weighted by atomic mass is 16.7. The number of hydrogen-bond acceptors (Lipinski definition) is 3. The number of rotatable bonds is 1. The van der Waals surface area contributed by atoms with Crippen LogP contribution in [0.1, 0.15) is 23.5 Å². The summed E-state index contributed by atoms with van der Waals surface area (Å²) >= 11 is 0. The molecule has 0 aromatic heterocycles. The van der Waals surface area contributed by atoms with Gasteiger partial charge < -0.3 is 5.32 Å². The van der Waals surface area contributed by atoms with Gasteiger partial charge in [0.1, 0.15) is 0 Å². The Hall–Kier alpha value is -1.39. The number of hydroxylamine groups is 2. The zero-order valence-corrected chi connectivity index (χ0v) is 9.69. The van der Waals surface area contributed by atoms with E-state index >= 15 is 0 Å². The molecule has 2 aliphatic rings. The molecule has 1 aromatic carbocycles. The van der Waals surface area contributed by atoms with Crippen molar-refractivity contribution in [2.24, 2.45) is 0 Å². The van der Waals surface area contributed by atoms with Gasteiger partial charge in [0.2, 0.25) is 0 Å². The van der Waals surface area contributed by atoms with Crippen LogP contribution >= 0.6 is 0 Å². The molecule has 1 atom stereocenters. The highest BCUT2D eigenvalue weighted by molar-refractivity contribution is 5.84. The number of benzene rings is 1. The van der Waals surface area contributed by atoms with E-state index in [0.29, 0.717) is 13.2 Å². The van der Waals surface area contributed by atoms with Gasteiger partial charge in [-0.1, -0.05) is 24.3 Å². The van der Waals surface area contributed by atoms with Crippen molar-refractivity contribution in [2.75, 3.05) is 19.7 Å². The highest BCUT2D eigenvalue weighted by Gasteiger charge is 2.31. The molecule has 0 spiro atoms. The largest absolute Gasteiger partial charge is 0.312 e. The molecule has 1 fully saturated rings. The van der Waals surface area contributed by atoms with Gasteiger partial charge in [-0.3, -0.25) is 9.63 Å². The fourth-order valence-corrected chi connectivity index (χ4v) is 2.51. The molecule has 4 heteroatoms. The third-order valence-electron chi connectivity index (χ3n) is 3.39. The maximum absolute atomic E-state index is 12.3. The minimum atomic E-state index is -0.0990. The van der Waals surface area contributed by atoms with Gasteiger partial charge in [-0.15, -0.1) is 0 Å². The molecule has 1 aromatic rings. The summed E-state index contributed by atoms with van der Waals surface area (Å²) in [6.45, 7) is 2.93. The number of amides is 1. The molecule has 4 nitrogen and oxygen atoms in total. The van der Waals surface area contributed by atoms with Crippen molar-refractivity contribution in [3.63, 3.8) is 0 Å². The van der Waals surface area contributed by atoms with E-state index in [1.54, 1.807) is 0 Å². The first-order valence-corrected chi connectivity index (χ1v) is 6.09. The predicted octanol–water partition coefficient (Wildman–Crippen LogP) is 1.04. The van der Waals surface area contributed by atoms with Crippen molar-refractivity contribution in [3.8, 4) is 0 Å². The molecule has 1 amide bonds. The Kier molecular flexibility index (Phi) is 2.82. The lowest BCUT2D eigenvalue weighted by atomic mass is 9.90. The molecule has 2 heterocycles. The average molecular weight is 232 g/mol. The third kappa shape index (κ3) is 1.94. The third-order valence-corrected chi connectivity index (χ3v) is 3.39. The lowest BCUT2D eigenvalue weighted by molar-refractivity contribution is -0.170. The summed E-state index contributed by atoms with van der Waals surface area (Å²) in [5.41, 5.74) is 2.36. The van der Waals surface area contributed by atoms with Crippen LogP contribution in [0.5, 0.6) is 0 Å². The van der Waals surface area contributed by atoms with E-state index < -0.39 is 0 Å². The molecular formula is C13H16N2O2. The molecule has 2 aliphatic heterocycles. The second-order valence-corrected chi connectivity index (χ2v) is 4.51. The van der Waals surface area contributed by atoms with Crippen molar-refractivity contribution in [2.45, 2.75) is 18.9 Å². The molecule has 1 N–H and O–H groups in total. The van der Waals surface area contributed by atoms with E-state index in [9.17, 15) is 4.79 Å². The fourth-order valence-electron chi connectivity index (χ4n) is 2.51. The Morgan fingerprint density at radius 2 is 2.29 bits per heavy atom. The topological polar surface area (TPSA) is 41.6 Å². The lowest BCUT2D eigenvalue weighted by Crippen LogP contribution is -2.39. The van der Waals surface area contributed by atoms with Crippen LogP contribution in [-0.2, 0) is 16.2 Å². The number of nitrogens with one attached hydrogen (secondary N) is 1. The van der Waals surface area contributed by atoms with Crippen molar-refractivity contribution in [3.05, 3.63) is 35.4 Å². The zero-order chi connectivity index (χ0) is 11.7. The summed E-state index contributed by atoms with van der Waals surface area (Å²) in [6.07, 6.45) is 0.938. The first-order chi connectivity index (χ1) is 8.36. The van der Waals surface area contributed by atoms with Gasteiger partial charge in [-0.05, 0) is 17.5 Å². The van der Waals surface area contributed by atoms with E-state index in [2.05, 4.69) is 17.4 Å². The first kappa shape index (κ1) is 10.7. The fraction of sp³-hybridized carbons (Fsp3) is 0.462. The summed E-state index contributed by atoms with van der Waals surface area (Å²) in [6, 6.07) is 8.14. The van der Waals surface area contributed by atoms with Crippen molar-refractivity contribution >= 4 is 5.91 Å². The predicted molar refractivity (Wildman–Crippen MR) is 63.2 cm³/mol. The minimum absolute atomic E-state index is 0.0853. The van der Waals surface area contributed by atoms with Crippen LogP contribution in [0, 0.1) is 0 Å². The normalized spacial score (nSPS) is 23.5. The second kappa shape index (κ2) is 4.47. The maximum Gasteiger partial charge on any atom is 0.254 e. The van der Waals surface area contributed by atoms with Gasteiger partial charge in [0.15, 0.2) is 0 Å². The SMILES string of the molecule is O=C(C1CNCc2ccccc21)N1CCCO1.